The number of carbonyl (C=O) groups is 1. The molecule has 1 saturated heterocycles. The Hall–Kier alpha value is -1.92. The molecule has 2 aromatic rings. The van der Waals surface area contributed by atoms with Gasteiger partial charge in [0.1, 0.15) is 16.5 Å². The Morgan fingerprint density at radius 1 is 1.38 bits per heavy atom. The zero-order valence-corrected chi connectivity index (χ0v) is 15.0. The number of morpholine rings is 1. The normalized spacial score (nSPS) is 20.9. The van der Waals surface area contributed by atoms with E-state index in [0.717, 1.165) is 16.3 Å². The molecule has 2 atom stereocenters. The third-order valence-corrected chi connectivity index (χ3v) is 4.90. The highest BCUT2D eigenvalue weighted by Gasteiger charge is 2.29. The van der Waals surface area contributed by atoms with Crippen LogP contribution in [0.5, 0.6) is 5.75 Å². The van der Waals surface area contributed by atoms with Gasteiger partial charge >= 0.3 is 0 Å². The molecule has 5 nitrogen and oxygen atoms in total. The van der Waals surface area contributed by atoms with Crippen LogP contribution in [0, 0.1) is 0 Å². The summed E-state index contributed by atoms with van der Waals surface area (Å²) in [7, 11) is 0. The summed E-state index contributed by atoms with van der Waals surface area (Å²) in [4.78, 5) is 19.1. The number of rotatable bonds is 4. The summed E-state index contributed by atoms with van der Waals surface area (Å²) < 4.78 is 11.0. The lowest BCUT2D eigenvalue weighted by atomic mass is 10.2. The molecule has 0 bridgehead atoms. The van der Waals surface area contributed by atoms with Crippen molar-refractivity contribution in [1.82, 2.24) is 9.88 Å². The minimum atomic E-state index is -0.0221. The standard InChI is InChI=1S/C18H22N2O3S/c1-4-22-15-7-5-14(6-8-15)17-19-16(11-24-17)18(21)20-9-13(3)23-10-12(20)2/h5-8,11-13H,4,9-10H2,1-3H3. The minimum Gasteiger partial charge on any atom is -0.494 e. The number of hydrogen-bond donors (Lipinski definition) is 0. The molecule has 2 unspecified atom stereocenters. The summed E-state index contributed by atoms with van der Waals surface area (Å²) >= 11 is 1.49. The summed E-state index contributed by atoms with van der Waals surface area (Å²) in [5.74, 6) is 0.816. The molecule has 1 aromatic carbocycles. The summed E-state index contributed by atoms with van der Waals surface area (Å²) in [6, 6.07) is 7.86. The van der Waals surface area contributed by atoms with Crippen molar-refractivity contribution in [3.63, 3.8) is 0 Å². The van der Waals surface area contributed by atoms with Crippen LogP contribution in [0.1, 0.15) is 31.3 Å². The highest BCUT2D eigenvalue weighted by molar-refractivity contribution is 7.13. The zero-order chi connectivity index (χ0) is 17.1. The summed E-state index contributed by atoms with van der Waals surface area (Å²) in [5, 5.41) is 2.68. The second kappa shape index (κ2) is 7.32. The molecular formula is C18H22N2O3S. The first-order chi connectivity index (χ1) is 11.6. The van der Waals surface area contributed by atoms with Crippen LogP contribution in [0.15, 0.2) is 29.6 Å². The van der Waals surface area contributed by atoms with Crippen molar-refractivity contribution in [1.29, 1.82) is 0 Å². The number of aromatic nitrogens is 1. The van der Waals surface area contributed by atoms with Crippen LogP contribution < -0.4 is 4.74 Å². The number of hydrogen-bond acceptors (Lipinski definition) is 5. The van der Waals surface area contributed by atoms with E-state index in [4.69, 9.17) is 9.47 Å². The van der Waals surface area contributed by atoms with E-state index in [0.29, 0.717) is 25.5 Å². The Kier molecular flexibility index (Phi) is 5.16. The summed E-state index contributed by atoms with van der Waals surface area (Å²) in [6.07, 6.45) is 0.0642. The average molecular weight is 346 g/mol. The molecule has 1 aliphatic rings. The number of amides is 1. The number of thiazole rings is 1. The van der Waals surface area contributed by atoms with Gasteiger partial charge in [0, 0.05) is 17.5 Å². The van der Waals surface area contributed by atoms with Crippen LogP contribution in [0.3, 0.4) is 0 Å². The van der Waals surface area contributed by atoms with Crippen LogP contribution in [-0.4, -0.2) is 47.7 Å². The smallest absolute Gasteiger partial charge is 0.273 e. The Balaban J connectivity index is 1.76. The lowest BCUT2D eigenvalue weighted by molar-refractivity contribution is -0.0388. The van der Waals surface area contributed by atoms with Gasteiger partial charge in [0.25, 0.3) is 5.91 Å². The second-order valence-electron chi connectivity index (χ2n) is 5.95. The van der Waals surface area contributed by atoms with Crippen LogP contribution in [0.25, 0.3) is 10.6 Å². The third kappa shape index (κ3) is 3.60. The van der Waals surface area contributed by atoms with Crippen molar-refractivity contribution in [2.45, 2.75) is 32.9 Å². The van der Waals surface area contributed by atoms with Crippen molar-refractivity contribution in [3.05, 3.63) is 35.3 Å². The van der Waals surface area contributed by atoms with E-state index < -0.39 is 0 Å². The fraction of sp³-hybridized carbons (Fsp3) is 0.444. The number of nitrogens with zero attached hydrogens (tertiary/aromatic N) is 2. The third-order valence-electron chi connectivity index (χ3n) is 4.00. The molecule has 2 heterocycles. The molecule has 1 aromatic heterocycles. The Bertz CT molecular complexity index is 699. The summed E-state index contributed by atoms with van der Waals surface area (Å²) in [6.45, 7) is 7.77. The highest BCUT2D eigenvalue weighted by Crippen LogP contribution is 2.27. The first-order valence-electron chi connectivity index (χ1n) is 8.19. The van der Waals surface area contributed by atoms with Crippen molar-refractivity contribution in [2.75, 3.05) is 19.8 Å². The fourth-order valence-corrected chi connectivity index (χ4v) is 3.50. The monoisotopic (exact) mass is 346 g/mol. The molecule has 3 rings (SSSR count). The van der Waals surface area contributed by atoms with Crippen LogP contribution in [0.2, 0.25) is 0 Å². The topological polar surface area (TPSA) is 51.7 Å². The Morgan fingerprint density at radius 2 is 2.12 bits per heavy atom. The van der Waals surface area contributed by atoms with Gasteiger partial charge in [0.15, 0.2) is 0 Å². The van der Waals surface area contributed by atoms with E-state index >= 15 is 0 Å². The van der Waals surface area contributed by atoms with Gasteiger partial charge in [-0.25, -0.2) is 4.98 Å². The molecule has 24 heavy (non-hydrogen) atoms. The second-order valence-corrected chi connectivity index (χ2v) is 6.80. The van der Waals surface area contributed by atoms with Crippen LogP contribution in [0.4, 0.5) is 0 Å². The van der Waals surface area contributed by atoms with E-state index in [-0.39, 0.29) is 18.1 Å². The van der Waals surface area contributed by atoms with E-state index in [2.05, 4.69) is 4.98 Å². The van der Waals surface area contributed by atoms with Crippen LogP contribution in [-0.2, 0) is 4.74 Å². The molecule has 128 valence electrons. The maximum absolute atomic E-state index is 12.7. The van der Waals surface area contributed by atoms with Crippen molar-refractivity contribution in [2.24, 2.45) is 0 Å². The molecule has 6 heteroatoms. The molecule has 0 spiro atoms. The Labute approximate surface area is 146 Å². The molecule has 0 saturated carbocycles. The molecule has 0 radical (unpaired) electrons. The van der Waals surface area contributed by atoms with Gasteiger partial charge in [0.2, 0.25) is 0 Å². The van der Waals surface area contributed by atoms with Gasteiger partial charge in [-0.1, -0.05) is 0 Å². The van der Waals surface area contributed by atoms with Gasteiger partial charge in [-0.15, -0.1) is 11.3 Å². The van der Waals surface area contributed by atoms with Gasteiger partial charge in [-0.05, 0) is 45.0 Å². The lowest BCUT2D eigenvalue weighted by Crippen LogP contribution is -2.50. The summed E-state index contributed by atoms with van der Waals surface area (Å²) in [5.41, 5.74) is 1.50. The maximum Gasteiger partial charge on any atom is 0.273 e. The molecule has 1 aliphatic heterocycles. The maximum atomic E-state index is 12.7. The first-order valence-corrected chi connectivity index (χ1v) is 9.07. The quantitative estimate of drug-likeness (QED) is 0.851. The van der Waals surface area contributed by atoms with E-state index in [1.54, 1.807) is 0 Å². The van der Waals surface area contributed by atoms with Crippen molar-refractivity contribution >= 4 is 17.2 Å². The SMILES string of the molecule is CCOc1ccc(-c2nc(C(=O)N3CC(C)OCC3C)cs2)cc1. The highest BCUT2D eigenvalue weighted by atomic mass is 32.1. The average Bonchev–Trinajstić information content (AvgIpc) is 3.07. The zero-order valence-electron chi connectivity index (χ0n) is 14.2. The molecular weight excluding hydrogens is 324 g/mol. The van der Waals surface area contributed by atoms with E-state index in [1.165, 1.54) is 11.3 Å². The number of carbonyl (C=O) groups excluding carboxylic acids is 1. The van der Waals surface area contributed by atoms with Gasteiger partial charge in [-0.2, -0.15) is 0 Å². The van der Waals surface area contributed by atoms with E-state index in [1.807, 2.05) is 55.3 Å². The van der Waals surface area contributed by atoms with Crippen LogP contribution >= 0.6 is 11.3 Å². The molecule has 0 aliphatic carbocycles. The first kappa shape index (κ1) is 16.9. The minimum absolute atomic E-state index is 0.0221. The largest absolute Gasteiger partial charge is 0.494 e. The predicted molar refractivity (Wildman–Crippen MR) is 94.6 cm³/mol. The predicted octanol–water partition coefficient (Wildman–Crippen LogP) is 3.46. The molecule has 1 amide bonds. The fourth-order valence-electron chi connectivity index (χ4n) is 2.70. The molecule has 1 fully saturated rings. The van der Waals surface area contributed by atoms with E-state index in [9.17, 15) is 4.79 Å². The van der Waals surface area contributed by atoms with Crippen molar-refractivity contribution < 1.29 is 14.3 Å². The number of benzene rings is 1. The van der Waals surface area contributed by atoms with Gasteiger partial charge in [-0.3, -0.25) is 4.79 Å². The molecule has 0 N–H and O–H groups in total. The van der Waals surface area contributed by atoms with Crippen molar-refractivity contribution in [3.8, 4) is 16.3 Å². The lowest BCUT2D eigenvalue weighted by Gasteiger charge is -2.36. The van der Waals surface area contributed by atoms with Gasteiger partial charge in [0.05, 0.1) is 25.4 Å². The Morgan fingerprint density at radius 3 is 2.83 bits per heavy atom. The van der Waals surface area contributed by atoms with Gasteiger partial charge < -0.3 is 14.4 Å². The number of ether oxygens (including phenoxy) is 2.